The first kappa shape index (κ1) is 92.7. The number of hydrogen-bond donors (Lipinski definition) is 6. The van der Waals surface area contributed by atoms with Crippen molar-refractivity contribution in [3.05, 3.63) is 41.5 Å². The molecule has 1 aromatic carbocycles. The van der Waals surface area contributed by atoms with Crippen molar-refractivity contribution < 1.29 is 72.5 Å². The maximum absolute atomic E-state index is 15.1. The third-order valence-corrected chi connectivity index (χ3v) is 23.0. The maximum atomic E-state index is 15.1. The number of aryl methyl sites for hydroxylation is 1. The summed E-state index contributed by atoms with van der Waals surface area (Å²) in [7, 11) is 9.92. The number of allylic oxidation sites excluding steroid dienone is 2. The molecule has 4 aliphatic rings. The highest BCUT2D eigenvalue weighted by Crippen LogP contribution is 2.61. The number of rotatable bonds is 16. The Labute approximate surface area is 645 Å². The number of aromatic hydroxyl groups is 1. The molecular formula is C82H137N11O15. The Balaban J connectivity index is 0.000000888. The lowest BCUT2D eigenvalue weighted by Crippen LogP contribution is -2.63. The number of ether oxygens (including phenoxy) is 1. The summed E-state index contributed by atoms with van der Waals surface area (Å²) in [4.78, 5) is 180. The Kier molecular flexibility index (Phi) is 35.1. The molecule has 2 saturated carbocycles. The van der Waals surface area contributed by atoms with Gasteiger partial charge in [-0.15, -0.1) is 0 Å². The van der Waals surface area contributed by atoms with Crippen LogP contribution in [0.3, 0.4) is 0 Å². The highest BCUT2D eigenvalue weighted by Gasteiger charge is 2.56. The molecule has 1 saturated heterocycles. The van der Waals surface area contributed by atoms with Crippen molar-refractivity contribution in [3.8, 4) is 5.75 Å². The Morgan fingerprint density at radius 3 is 1.59 bits per heavy atom. The topological polar surface area (TPSA) is 325 Å². The number of benzene rings is 1. The number of fused-ring (bicyclic) bond motifs is 5. The van der Waals surface area contributed by atoms with E-state index >= 15 is 9.59 Å². The molecule has 0 spiro atoms. The summed E-state index contributed by atoms with van der Waals surface area (Å²) in [5.74, 6) is -7.48. The number of likely N-dealkylation sites (N-methyl/N-ethyl adjacent to an activating group) is 7. The molecule has 5 rings (SSSR count). The summed E-state index contributed by atoms with van der Waals surface area (Å²) in [5.41, 5.74) is 2.95. The van der Waals surface area contributed by atoms with Gasteiger partial charge in [0.25, 0.3) is 0 Å². The molecule has 17 unspecified atom stereocenters. The molecule has 11 amide bonds. The van der Waals surface area contributed by atoms with E-state index in [9.17, 15) is 58.2 Å². The van der Waals surface area contributed by atoms with E-state index in [0.717, 1.165) is 29.1 Å². The Bertz CT molecular complexity index is 3320. The summed E-state index contributed by atoms with van der Waals surface area (Å²) in [6.07, 6.45) is 9.93. The molecule has 1 aliphatic heterocycles. The Morgan fingerprint density at radius 2 is 1.07 bits per heavy atom. The number of aliphatic hydroxyl groups is 1. The van der Waals surface area contributed by atoms with Crippen LogP contribution in [0.2, 0.25) is 0 Å². The third kappa shape index (κ3) is 23.5. The average molecular weight is 1520 g/mol. The predicted molar refractivity (Wildman–Crippen MR) is 417 cm³/mol. The van der Waals surface area contributed by atoms with Crippen LogP contribution in [-0.2, 0) is 68.7 Å². The average Bonchev–Trinajstić information content (AvgIpc) is 1.62. The van der Waals surface area contributed by atoms with E-state index in [2.05, 4.69) is 34.3 Å². The predicted octanol–water partition coefficient (Wildman–Crippen LogP) is 7.45. The lowest BCUT2D eigenvalue weighted by molar-refractivity contribution is -0.157. The molecule has 0 radical (unpaired) electrons. The fourth-order valence-electron chi connectivity index (χ4n) is 16.6. The van der Waals surface area contributed by atoms with Gasteiger partial charge in [0.2, 0.25) is 65.0 Å². The second-order valence-electron chi connectivity index (χ2n) is 34.1. The van der Waals surface area contributed by atoms with Crippen LogP contribution >= 0.6 is 0 Å². The van der Waals surface area contributed by atoms with Gasteiger partial charge in [0.15, 0.2) is 0 Å². The molecule has 26 nitrogen and oxygen atoms in total. The number of carbonyl (C=O) groups is 12. The molecule has 3 fully saturated rings. The van der Waals surface area contributed by atoms with Crippen molar-refractivity contribution in [2.45, 2.75) is 287 Å². The molecule has 3 aliphatic carbocycles. The summed E-state index contributed by atoms with van der Waals surface area (Å²) >= 11 is 0. The second-order valence-corrected chi connectivity index (χ2v) is 34.1. The van der Waals surface area contributed by atoms with Gasteiger partial charge < -0.3 is 70.5 Å². The normalized spacial score (nSPS) is 29.3. The molecule has 6 N–H and O–H groups in total. The van der Waals surface area contributed by atoms with E-state index in [-0.39, 0.29) is 73.3 Å². The van der Waals surface area contributed by atoms with Crippen molar-refractivity contribution in [2.75, 3.05) is 55.9 Å². The largest absolute Gasteiger partial charge is 0.508 e. The highest BCUT2D eigenvalue weighted by atomic mass is 16.5. The first-order chi connectivity index (χ1) is 50.2. The quantitative estimate of drug-likeness (QED) is 0.0691. The number of nitrogens with one attached hydrogen (secondary N) is 4. The molecule has 610 valence electrons. The van der Waals surface area contributed by atoms with Crippen molar-refractivity contribution in [2.24, 2.45) is 58.7 Å². The van der Waals surface area contributed by atoms with Gasteiger partial charge in [-0.25, -0.2) is 0 Å². The van der Waals surface area contributed by atoms with Crippen molar-refractivity contribution in [3.63, 3.8) is 0 Å². The molecule has 108 heavy (non-hydrogen) atoms. The summed E-state index contributed by atoms with van der Waals surface area (Å²) < 4.78 is 5.68. The number of hydrogen-bond acceptors (Lipinski definition) is 15. The smallest absolute Gasteiger partial charge is 0.302 e. The Morgan fingerprint density at radius 1 is 0.574 bits per heavy atom. The SMILES string of the molecule is CC(=O)OC1CCC2C3CCc4cc(O)ccc4C3CCC12C.CC=CCC(C)C(O)C1C(=O)NC(CC)C(=O)N(C)CC(=O)N(C)C(CC(C)C)C(=O)NC(C(C)C)C(=O)N(C)C(CC(C)C)C(=O)NC(C)C(=O)NC(C)C(=O)N(C)C(CC(C)C)C(=O)N(C)C(CC(C)C)C(=O)N(C)C(C(C)C)C(=O)N1C. The number of aliphatic hydroxyl groups excluding tert-OH is 1. The molecule has 0 aromatic heterocycles. The van der Waals surface area contributed by atoms with Crippen LogP contribution in [-0.4, -0.2) is 244 Å². The van der Waals surface area contributed by atoms with E-state index in [1.165, 1.54) is 125 Å². The van der Waals surface area contributed by atoms with Crippen LogP contribution in [0.4, 0.5) is 0 Å². The molecular weight excluding hydrogens is 1380 g/mol. The summed E-state index contributed by atoms with van der Waals surface area (Å²) in [6.45, 7) is 33.2. The number of amides is 11. The maximum Gasteiger partial charge on any atom is 0.302 e. The van der Waals surface area contributed by atoms with Gasteiger partial charge in [-0.2, -0.15) is 0 Å². The zero-order chi connectivity index (χ0) is 82.2. The lowest BCUT2D eigenvalue weighted by Gasteiger charge is -2.50. The fraction of sp³-hybridized carbons (Fsp3) is 0.756. The minimum atomic E-state index is -1.61. The van der Waals surface area contributed by atoms with Crippen LogP contribution in [0.5, 0.6) is 5.75 Å². The monoisotopic (exact) mass is 1520 g/mol. The lowest BCUT2D eigenvalue weighted by atomic mass is 9.55. The van der Waals surface area contributed by atoms with Gasteiger partial charge in [0, 0.05) is 61.7 Å². The zero-order valence-electron chi connectivity index (χ0n) is 70.1. The number of carbonyl (C=O) groups excluding carboxylic acids is 12. The van der Waals surface area contributed by atoms with E-state index in [4.69, 9.17) is 4.74 Å². The van der Waals surface area contributed by atoms with E-state index < -0.39 is 156 Å². The fourth-order valence-corrected chi connectivity index (χ4v) is 16.6. The van der Waals surface area contributed by atoms with Crippen LogP contribution in [0, 0.1) is 58.7 Å². The zero-order valence-corrected chi connectivity index (χ0v) is 70.1. The van der Waals surface area contributed by atoms with Crippen LogP contribution < -0.4 is 21.3 Å². The molecule has 26 heteroatoms. The molecule has 1 heterocycles. The number of phenols is 1. The van der Waals surface area contributed by atoms with Crippen molar-refractivity contribution in [1.29, 1.82) is 0 Å². The van der Waals surface area contributed by atoms with E-state index in [1.54, 1.807) is 54.5 Å². The van der Waals surface area contributed by atoms with Crippen LogP contribution in [0.1, 0.15) is 219 Å². The second kappa shape index (κ2) is 40.9. The molecule has 1 aromatic rings. The van der Waals surface area contributed by atoms with Gasteiger partial charge in [0.05, 0.1) is 12.6 Å². The van der Waals surface area contributed by atoms with Crippen molar-refractivity contribution >= 4 is 70.9 Å². The van der Waals surface area contributed by atoms with Crippen LogP contribution in [0.25, 0.3) is 0 Å². The third-order valence-electron chi connectivity index (χ3n) is 23.0. The number of esters is 1. The van der Waals surface area contributed by atoms with Gasteiger partial charge >= 0.3 is 5.97 Å². The van der Waals surface area contributed by atoms with Crippen LogP contribution in [0.15, 0.2) is 30.4 Å². The van der Waals surface area contributed by atoms with E-state index in [0.29, 0.717) is 29.9 Å². The van der Waals surface area contributed by atoms with E-state index in [1.807, 2.05) is 73.6 Å². The Hall–Kier alpha value is -7.64. The van der Waals surface area contributed by atoms with Gasteiger partial charge in [-0.3, -0.25) is 57.5 Å². The minimum Gasteiger partial charge on any atom is -0.508 e. The number of phenolic OH excluding ortho intramolecular Hbond substituents is 1. The van der Waals surface area contributed by atoms with Gasteiger partial charge in [-0.1, -0.05) is 122 Å². The van der Waals surface area contributed by atoms with Crippen molar-refractivity contribution in [1.82, 2.24) is 55.6 Å². The highest BCUT2D eigenvalue weighted by molar-refractivity contribution is 5.99. The van der Waals surface area contributed by atoms with Gasteiger partial charge in [-0.05, 0) is 180 Å². The standard InChI is InChI=1S/C62H111N11O12.C20H26O3/c1-25-27-28-40(15)52(75)51-56(79)65-43(26-2)58(81)67(18)33-48(74)68(19)44(29-34(3)4)55(78)66-49(38(11)12)61(84)69(20)45(30-35(5)6)54(77)63-41(16)53(76)64-42(17)57(80)70(21)46(31-36(7)8)59(82)71(22)47(32-37(9)10)60(83)72(23)50(39(13)14)62(85)73(51)24;1-12(21)23-19-8-7-18-17-5-3-13-11-14(22)4-6-15(13)16(17)9-10-20(18,19)2/h25,27,34-47,49-52,75H,26,28-33H2,1-24H3,(H,63,77)(H,64,76)(H,65,79)(H,66,78);4,6,11,16-19,22H,3,5,7-10H2,1-2H3. The first-order valence-corrected chi connectivity index (χ1v) is 39.5. The molecule has 17 atom stereocenters. The summed E-state index contributed by atoms with van der Waals surface area (Å²) in [5, 5.41) is 32.8. The summed E-state index contributed by atoms with van der Waals surface area (Å²) in [6, 6.07) is -6.39. The molecule has 0 bridgehead atoms. The number of nitrogens with zero attached hydrogens (tertiary/aromatic N) is 7. The first-order valence-electron chi connectivity index (χ1n) is 39.5. The van der Waals surface area contributed by atoms with Gasteiger partial charge in [0.1, 0.15) is 72.3 Å². The minimum absolute atomic E-state index is 0.0229.